The van der Waals surface area contributed by atoms with E-state index in [0.717, 1.165) is 12.8 Å². The number of hydrogen-bond acceptors (Lipinski definition) is 7. The molecule has 12 heteroatoms. The predicted octanol–water partition coefficient (Wildman–Crippen LogP) is 3.49. The lowest BCUT2D eigenvalue weighted by Crippen LogP contribution is -2.61. The highest BCUT2D eigenvalue weighted by atomic mass is 16.6. The molecule has 0 spiro atoms. The molecule has 1 saturated carbocycles. The van der Waals surface area contributed by atoms with E-state index in [1.807, 2.05) is 69.2 Å². The Balaban J connectivity index is 2.28. The van der Waals surface area contributed by atoms with Gasteiger partial charge in [-0.15, -0.1) is 6.58 Å². The third kappa shape index (κ3) is 11.1. The average Bonchev–Trinajstić information content (AvgIpc) is 3.74. The molecule has 2 fully saturated rings. The number of nitrogens with zero attached hydrogens (tertiary/aromatic N) is 1. The standard InChI is InChI=1S/C35H59N5O7/c1-12-14-24(27(41)30(43)36-17-13-2)37-29(42)25-18-22(20(3)4)19-40(25)31(44)28(34(7,8)9)39-33(46)38-26(21(5)6)32(45)47-35(10,11)23-15-16-23/h13,20-26,28H,2,12,14-19H2,1,3-11H3,(H,36,43)(H,37,42)(H2,38,39,46)/t22-,24?,25+,26+,28-/m1/s1. The molecule has 12 nitrogen and oxygen atoms in total. The van der Waals surface area contributed by atoms with Crippen molar-refractivity contribution in [2.75, 3.05) is 13.1 Å². The van der Waals surface area contributed by atoms with Crippen LogP contribution in [0.25, 0.3) is 0 Å². The molecule has 4 N–H and O–H groups in total. The summed E-state index contributed by atoms with van der Waals surface area (Å²) in [4.78, 5) is 81.4. The van der Waals surface area contributed by atoms with Crippen LogP contribution in [0.5, 0.6) is 0 Å². The first-order chi connectivity index (χ1) is 21.7. The van der Waals surface area contributed by atoms with Crippen molar-refractivity contribution in [1.82, 2.24) is 26.2 Å². The summed E-state index contributed by atoms with van der Waals surface area (Å²) in [6.45, 7) is 22.6. The number of ketones is 1. The van der Waals surface area contributed by atoms with E-state index < -0.39 is 70.7 Å². The zero-order chi connectivity index (χ0) is 35.9. The van der Waals surface area contributed by atoms with Crippen molar-refractivity contribution in [2.45, 2.75) is 131 Å². The monoisotopic (exact) mass is 661 g/mol. The van der Waals surface area contributed by atoms with Gasteiger partial charge in [0.25, 0.3) is 5.91 Å². The first kappa shape index (κ1) is 39.7. The maximum atomic E-state index is 14.3. The maximum Gasteiger partial charge on any atom is 0.329 e. The summed E-state index contributed by atoms with van der Waals surface area (Å²) in [5.41, 5.74) is -1.40. The average molecular weight is 662 g/mol. The molecular formula is C35H59N5O7. The molecule has 1 heterocycles. The minimum absolute atomic E-state index is 0.00438. The van der Waals surface area contributed by atoms with Crippen LogP contribution in [-0.4, -0.2) is 83.3 Å². The van der Waals surface area contributed by atoms with Gasteiger partial charge in [0, 0.05) is 13.1 Å². The molecule has 0 radical (unpaired) electrons. The Labute approximate surface area is 280 Å². The number of likely N-dealkylation sites (tertiary alicyclic amines) is 1. The normalized spacial score (nSPS) is 20.2. The lowest BCUT2D eigenvalue weighted by atomic mass is 9.85. The highest BCUT2D eigenvalue weighted by Gasteiger charge is 2.47. The Morgan fingerprint density at radius 3 is 2.06 bits per heavy atom. The molecule has 1 aliphatic carbocycles. The number of ether oxygens (including phenoxy) is 1. The minimum atomic E-state index is -1.05. The van der Waals surface area contributed by atoms with Crippen LogP contribution < -0.4 is 21.3 Å². The van der Waals surface area contributed by atoms with E-state index in [4.69, 9.17) is 4.74 Å². The van der Waals surface area contributed by atoms with Crippen molar-refractivity contribution >= 4 is 35.5 Å². The van der Waals surface area contributed by atoms with Gasteiger partial charge in [-0.1, -0.05) is 67.9 Å². The van der Waals surface area contributed by atoms with Gasteiger partial charge in [0.2, 0.25) is 17.6 Å². The van der Waals surface area contributed by atoms with Gasteiger partial charge >= 0.3 is 12.0 Å². The van der Waals surface area contributed by atoms with Crippen LogP contribution in [0.3, 0.4) is 0 Å². The summed E-state index contributed by atoms with van der Waals surface area (Å²) in [7, 11) is 0. The molecule has 1 saturated heterocycles. The Morgan fingerprint density at radius 1 is 0.957 bits per heavy atom. The van der Waals surface area contributed by atoms with Gasteiger partial charge in [0.1, 0.15) is 23.7 Å². The third-order valence-corrected chi connectivity index (χ3v) is 9.22. The number of hydrogen-bond donors (Lipinski definition) is 4. The summed E-state index contributed by atoms with van der Waals surface area (Å²) < 4.78 is 5.81. The molecule has 1 unspecified atom stereocenters. The molecule has 5 atom stereocenters. The van der Waals surface area contributed by atoms with Crippen molar-refractivity contribution in [3.63, 3.8) is 0 Å². The van der Waals surface area contributed by atoms with E-state index in [2.05, 4.69) is 27.8 Å². The third-order valence-electron chi connectivity index (χ3n) is 9.22. The summed E-state index contributed by atoms with van der Waals surface area (Å²) in [5, 5.41) is 10.7. The Bertz CT molecular complexity index is 1170. The molecule has 0 aromatic heterocycles. The van der Waals surface area contributed by atoms with Crippen LogP contribution in [0.2, 0.25) is 0 Å². The van der Waals surface area contributed by atoms with Gasteiger partial charge in [0.05, 0.1) is 6.04 Å². The van der Waals surface area contributed by atoms with E-state index in [0.29, 0.717) is 18.8 Å². The van der Waals surface area contributed by atoms with Gasteiger partial charge in [-0.05, 0) is 68.6 Å². The van der Waals surface area contributed by atoms with E-state index in [9.17, 15) is 28.8 Å². The SMILES string of the molecule is C=CCNC(=O)C(=O)C(CCC)NC(=O)[C@@H]1C[C@@H](C(C)C)CN1C(=O)[C@@H](NC(=O)N[C@H](C(=O)OC(C)(C)C1CC1)C(C)C)C(C)(C)C. The number of nitrogens with one attached hydrogen (secondary N) is 4. The number of rotatable bonds is 16. The second-order valence-corrected chi connectivity index (χ2v) is 15.4. The van der Waals surface area contributed by atoms with Crippen molar-refractivity contribution in [1.29, 1.82) is 0 Å². The molecule has 0 aromatic carbocycles. The highest BCUT2D eigenvalue weighted by molar-refractivity contribution is 6.38. The van der Waals surface area contributed by atoms with Gasteiger partial charge in [-0.3, -0.25) is 19.2 Å². The highest BCUT2D eigenvalue weighted by Crippen LogP contribution is 2.41. The second kappa shape index (κ2) is 16.6. The topological polar surface area (TPSA) is 163 Å². The number of esters is 1. The van der Waals surface area contributed by atoms with Gasteiger partial charge in [0.15, 0.2) is 0 Å². The number of Topliss-reactive ketones (excluding diaryl/α,β-unsaturated/α-hetero) is 1. The van der Waals surface area contributed by atoms with Crippen LogP contribution in [0.1, 0.15) is 101 Å². The predicted molar refractivity (Wildman–Crippen MR) is 180 cm³/mol. The molecule has 5 amide bonds. The molecule has 47 heavy (non-hydrogen) atoms. The van der Waals surface area contributed by atoms with Crippen LogP contribution in [0.4, 0.5) is 4.79 Å². The van der Waals surface area contributed by atoms with Crippen molar-refractivity contribution in [3.8, 4) is 0 Å². The number of amides is 5. The summed E-state index contributed by atoms with van der Waals surface area (Å²) in [5.74, 6) is -2.91. The number of carbonyl (C=O) groups is 6. The fourth-order valence-corrected chi connectivity index (χ4v) is 5.89. The van der Waals surface area contributed by atoms with Crippen molar-refractivity contribution < 1.29 is 33.5 Å². The van der Waals surface area contributed by atoms with Crippen molar-refractivity contribution in [3.05, 3.63) is 12.7 Å². The van der Waals surface area contributed by atoms with Gasteiger partial charge in [-0.25, -0.2) is 9.59 Å². The van der Waals surface area contributed by atoms with Gasteiger partial charge in [-0.2, -0.15) is 0 Å². The molecule has 2 rings (SSSR count). The molecule has 266 valence electrons. The zero-order valence-corrected chi connectivity index (χ0v) is 30.2. The fourth-order valence-electron chi connectivity index (χ4n) is 5.89. The lowest BCUT2D eigenvalue weighted by Gasteiger charge is -2.36. The van der Waals surface area contributed by atoms with Crippen LogP contribution in [0.15, 0.2) is 12.7 Å². The smallest absolute Gasteiger partial charge is 0.329 e. The van der Waals surface area contributed by atoms with E-state index in [1.54, 1.807) is 0 Å². The van der Waals surface area contributed by atoms with Crippen LogP contribution in [0, 0.1) is 29.1 Å². The quantitative estimate of drug-likeness (QED) is 0.112. The van der Waals surface area contributed by atoms with E-state index >= 15 is 0 Å². The fraction of sp³-hybridized carbons (Fsp3) is 0.771. The largest absolute Gasteiger partial charge is 0.458 e. The van der Waals surface area contributed by atoms with E-state index in [-0.39, 0.29) is 37.3 Å². The van der Waals surface area contributed by atoms with Gasteiger partial charge < -0.3 is 30.9 Å². The molecule has 2 aliphatic rings. The summed E-state index contributed by atoms with van der Waals surface area (Å²) >= 11 is 0. The van der Waals surface area contributed by atoms with Crippen LogP contribution in [-0.2, 0) is 28.7 Å². The zero-order valence-electron chi connectivity index (χ0n) is 30.2. The Kier molecular flexibility index (Phi) is 14.0. The summed E-state index contributed by atoms with van der Waals surface area (Å²) in [6.07, 6.45) is 4.60. The van der Waals surface area contributed by atoms with Crippen molar-refractivity contribution in [2.24, 2.45) is 29.1 Å². The molecular weight excluding hydrogens is 602 g/mol. The molecule has 0 aromatic rings. The Morgan fingerprint density at radius 2 is 1.57 bits per heavy atom. The lowest BCUT2D eigenvalue weighted by molar-refractivity contribution is -0.162. The van der Waals surface area contributed by atoms with E-state index in [1.165, 1.54) is 11.0 Å². The first-order valence-electron chi connectivity index (χ1n) is 17.1. The molecule has 0 bridgehead atoms. The number of urea groups is 1. The second-order valence-electron chi connectivity index (χ2n) is 15.4. The molecule has 1 aliphatic heterocycles. The first-order valence-corrected chi connectivity index (χ1v) is 17.1. The minimum Gasteiger partial charge on any atom is -0.458 e. The Hall–Kier alpha value is -3.44. The van der Waals surface area contributed by atoms with Crippen LogP contribution >= 0.6 is 0 Å². The number of carbonyl (C=O) groups excluding carboxylic acids is 6. The summed E-state index contributed by atoms with van der Waals surface area (Å²) in [6, 6.07) is -4.63. The maximum absolute atomic E-state index is 14.3.